The summed E-state index contributed by atoms with van der Waals surface area (Å²) >= 11 is 0. The maximum Gasteiger partial charge on any atom is 0.243 e. The van der Waals surface area contributed by atoms with Crippen LogP contribution in [0, 0.1) is 0 Å². The highest BCUT2D eigenvalue weighted by atomic mass is 16.5. The molecule has 0 aromatic carbocycles. The lowest BCUT2D eigenvalue weighted by Gasteiger charge is -2.11. The van der Waals surface area contributed by atoms with Gasteiger partial charge in [-0.1, -0.05) is 25.1 Å². The number of likely N-dealkylation sites (N-methyl/N-ethyl adjacent to an activating group) is 1. The van der Waals surface area contributed by atoms with Gasteiger partial charge in [-0.2, -0.15) is 0 Å². The molecule has 0 atom stereocenters. The summed E-state index contributed by atoms with van der Waals surface area (Å²) in [5.74, 6) is 1.63. The van der Waals surface area contributed by atoms with E-state index in [0.717, 1.165) is 24.3 Å². The number of carbonyl (C=O) groups is 1. The first-order valence-corrected chi connectivity index (χ1v) is 8.30. The largest absolute Gasteiger partial charge is 0.359 e. The molecule has 1 aromatic rings. The molecule has 2 N–H and O–H groups in total. The number of hydrogen-bond donors (Lipinski definition) is 2. The van der Waals surface area contributed by atoms with Crippen molar-refractivity contribution in [2.24, 2.45) is 4.99 Å². The molecule has 0 unspecified atom stereocenters. The summed E-state index contributed by atoms with van der Waals surface area (Å²) in [5.41, 5.74) is 0.983. The molecule has 0 aliphatic carbocycles. The summed E-state index contributed by atoms with van der Waals surface area (Å²) in [7, 11) is 3.41. The molecule has 0 saturated heterocycles. The van der Waals surface area contributed by atoms with Crippen LogP contribution in [0.4, 0.5) is 0 Å². The predicted molar refractivity (Wildman–Crippen MR) is 95.9 cm³/mol. The molecule has 1 amide bonds. The first kappa shape index (κ1) is 19.7. The second-order valence-electron chi connectivity index (χ2n) is 5.71. The van der Waals surface area contributed by atoms with Crippen LogP contribution < -0.4 is 10.6 Å². The molecule has 7 nitrogen and oxygen atoms in total. The van der Waals surface area contributed by atoms with E-state index in [2.05, 4.69) is 41.2 Å². The third kappa shape index (κ3) is 6.44. The Balaban J connectivity index is 2.65. The Morgan fingerprint density at radius 1 is 1.42 bits per heavy atom. The van der Waals surface area contributed by atoms with Crippen LogP contribution in [0.5, 0.6) is 0 Å². The van der Waals surface area contributed by atoms with Crippen molar-refractivity contribution in [1.82, 2.24) is 20.7 Å². The number of amides is 1. The average Bonchev–Trinajstić information content (AvgIpc) is 3.03. The minimum Gasteiger partial charge on any atom is -0.359 e. The summed E-state index contributed by atoms with van der Waals surface area (Å²) < 4.78 is 5.38. The van der Waals surface area contributed by atoms with Crippen LogP contribution in [0.2, 0.25) is 0 Å². The van der Waals surface area contributed by atoms with E-state index in [0.29, 0.717) is 25.0 Å². The maximum absolute atomic E-state index is 11.7. The SMILES string of the molecule is C=CCNC(=NCC(=O)N(C)C)NCc1cc(C(CC)CC)no1. The van der Waals surface area contributed by atoms with E-state index in [1.807, 2.05) is 6.07 Å². The smallest absolute Gasteiger partial charge is 0.243 e. The van der Waals surface area contributed by atoms with Gasteiger partial charge >= 0.3 is 0 Å². The fourth-order valence-electron chi connectivity index (χ4n) is 2.11. The van der Waals surface area contributed by atoms with Gasteiger partial charge < -0.3 is 20.1 Å². The van der Waals surface area contributed by atoms with Crippen LogP contribution in [-0.2, 0) is 11.3 Å². The number of aromatic nitrogens is 1. The lowest BCUT2D eigenvalue weighted by molar-refractivity contribution is -0.127. The van der Waals surface area contributed by atoms with Gasteiger partial charge in [0.1, 0.15) is 6.54 Å². The van der Waals surface area contributed by atoms with Crippen molar-refractivity contribution in [2.75, 3.05) is 27.2 Å². The van der Waals surface area contributed by atoms with Crippen LogP contribution in [0.1, 0.15) is 44.1 Å². The summed E-state index contributed by atoms with van der Waals surface area (Å²) in [6.07, 6.45) is 3.80. The Hall–Kier alpha value is -2.31. The number of hydrogen-bond acceptors (Lipinski definition) is 4. The quantitative estimate of drug-likeness (QED) is 0.409. The van der Waals surface area contributed by atoms with Gasteiger partial charge in [0.15, 0.2) is 11.7 Å². The lowest BCUT2D eigenvalue weighted by Crippen LogP contribution is -2.38. The highest BCUT2D eigenvalue weighted by Crippen LogP contribution is 2.22. The van der Waals surface area contributed by atoms with E-state index in [9.17, 15) is 4.79 Å². The number of aliphatic imine (C=N–C) groups is 1. The van der Waals surface area contributed by atoms with Crippen LogP contribution in [0.15, 0.2) is 28.2 Å². The van der Waals surface area contributed by atoms with Gasteiger partial charge in [-0.05, 0) is 12.8 Å². The Kier molecular flexibility index (Phi) is 8.60. The normalized spacial score (nSPS) is 11.5. The van der Waals surface area contributed by atoms with Gasteiger partial charge in [0, 0.05) is 32.6 Å². The van der Waals surface area contributed by atoms with Gasteiger partial charge in [-0.3, -0.25) is 4.79 Å². The first-order valence-electron chi connectivity index (χ1n) is 8.30. The van der Waals surface area contributed by atoms with Crippen LogP contribution in [-0.4, -0.2) is 49.1 Å². The van der Waals surface area contributed by atoms with Crippen molar-refractivity contribution in [3.05, 3.63) is 30.2 Å². The first-order chi connectivity index (χ1) is 11.5. The van der Waals surface area contributed by atoms with Crippen molar-refractivity contribution < 1.29 is 9.32 Å². The molecule has 1 aromatic heterocycles. The fourth-order valence-corrected chi connectivity index (χ4v) is 2.11. The third-order valence-corrected chi connectivity index (χ3v) is 3.70. The molecule has 0 bridgehead atoms. The Bertz CT molecular complexity index is 547. The van der Waals surface area contributed by atoms with Crippen molar-refractivity contribution in [3.63, 3.8) is 0 Å². The molecule has 7 heteroatoms. The monoisotopic (exact) mass is 335 g/mol. The summed E-state index contributed by atoms with van der Waals surface area (Å²) in [6.45, 7) is 9.04. The number of carbonyl (C=O) groups excluding carboxylic acids is 1. The minimum absolute atomic E-state index is 0.0645. The van der Waals surface area contributed by atoms with E-state index < -0.39 is 0 Å². The second kappa shape index (κ2) is 10.5. The number of guanidine groups is 1. The molecular formula is C17H29N5O2. The van der Waals surface area contributed by atoms with E-state index in [4.69, 9.17) is 4.52 Å². The molecule has 0 aliphatic heterocycles. The van der Waals surface area contributed by atoms with E-state index >= 15 is 0 Å². The van der Waals surface area contributed by atoms with E-state index in [-0.39, 0.29) is 12.5 Å². The maximum atomic E-state index is 11.7. The van der Waals surface area contributed by atoms with Crippen LogP contribution >= 0.6 is 0 Å². The molecule has 134 valence electrons. The van der Waals surface area contributed by atoms with E-state index in [1.165, 1.54) is 4.90 Å². The molecule has 0 spiro atoms. The molecule has 1 heterocycles. The molecule has 0 fully saturated rings. The molecular weight excluding hydrogens is 306 g/mol. The Morgan fingerprint density at radius 3 is 2.71 bits per heavy atom. The zero-order chi connectivity index (χ0) is 17.9. The Labute approximate surface area is 144 Å². The predicted octanol–water partition coefficient (Wildman–Crippen LogP) is 1.89. The molecule has 1 rings (SSSR count). The second-order valence-corrected chi connectivity index (χ2v) is 5.71. The van der Waals surface area contributed by atoms with Gasteiger partial charge in [0.25, 0.3) is 0 Å². The lowest BCUT2D eigenvalue weighted by atomic mass is 9.99. The van der Waals surface area contributed by atoms with Crippen molar-refractivity contribution in [2.45, 2.75) is 39.2 Å². The van der Waals surface area contributed by atoms with Gasteiger partial charge in [-0.15, -0.1) is 6.58 Å². The summed E-state index contributed by atoms with van der Waals surface area (Å²) in [6, 6.07) is 1.97. The van der Waals surface area contributed by atoms with Crippen molar-refractivity contribution in [3.8, 4) is 0 Å². The van der Waals surface area contributed by atoms with Crippen molar-refractivity contribution in [1.29, 1.82) is 0 Å². The number of nitrogens with one attached hydrogen (secondary N) is 2. The highest BCUT2D eigenvalue weighted by Gasteiger charge is 2.13. The highest BCUT2D eigenvalue weighted by molar-refractivity contribution is 5.84. The number of nitrogens with zero attached hydrogens (tertiary/aromatic N) is 3. The molecule has 0 aliphatic rings. The molecule has 0 radical (unpaired) electrons. The Morgan fingerprint density at radius 2 is 2.12 bits per heavy atom. The summed E-state index contributed by atoms with van der Waals surface area (Å²) in [4.78, 5) is 17.4. The third-order valence-electron chi connectivity index (χ3n) is 3.70. The zero-order valence-corrected chi connectivity index (χ0v) is 15.1. The van der Waals surface area contributed by atoms with Crippen LogP contribution in [0.3, 0.4) is 0 Å². The molecule has 0 saturated carbocycles. The minimum atomic E-state index is -0.0645. The topological polar surface area (TPSA) is 82.8 Å². The standard InChI is InChI=1S/C17H29N5O2/c1-6-9-18-17(20-12-16(23)22(4)5)19-11-14-10-15(21-24-14)13(7-2)8-3/h6,10,13H,1,7-9,11-12H2,2-5H3,(H2,18,19,20). The zero-order valence-electron chi connectivity index (χ0n) is 15.1. The van der Waals surface area contributed by atoms with Crippen LogP contribution in [0.25, 0.3) is 0 Å². The average molecular weight is 335 g/mol. The van der Waals surface area contributed by atoms with Crippen molar-refractivity contribution >= 4 is 11.9 Å². The van der Waals surface area contributed by atoms with Gasteiger partial charge in [-0.25, -0.2) is 4.99 Å². The fraction of sp³-hybridized carbons (Fsp3) is 0.588. The number of rotatable bonds is 9. The van der Waals surface area contributed by atoms with Gasteiger partial charge in [0.05, 0.1) is 12.2 Å². The summed E-state index contributed by atoms with van der Waals surface area (Å²) in [5, 5.41) is 10.4. The molecule has 24 heavy (non-hydrogen) atoms. The van der Waals surface area contributed by atoms with E-state index in [1.54, 1.807) is 20.2 Å². The van der Waals surface area contributed by atoms with Gasteiger partial charge in [0.2, 0.25) is 5.91 Å².